The molecule has 108 valence electrons. The van der Waals surface area contributed by atoms with E-state index in [0.29, 0.717) is 30.0 Å². The Morgan fingerprint density at radius 1 is 1.57 bits per heavy atom. The molecule has 3 rings (SSSR count). The number of carbonyl (C=O) groups excluding carboxylic acids is 1. The second kappa shape index (κ2) is 5.30. The summed E-state index contributed by atoms with van der Waals surface area (Å²) in [5.41, 5.74) is 3.22. The number of nitrogens with one attached hydrogen (secondary N) is 1. The van der Waals surface area contributed by atoms with Crippen LogP contribution in [0.25, 0.3) is 0 Å². The first-order valence-corrected chi connectivity index (χ1v) is 6.74. The first-order chi connectivity index (χ1) is 10.1. The molecule has 0 radical (unpaired) electrons. The number of rotatable bonds is 3. The van der Waals surface area contributed by atoms with E-state index in [2.05, 4.69) is 15.6 Å². The van der Waals surface area contributed by atoms with Crippen molar-refractivity contribution in [3.8, 4) is 0 Å². The van der Waals surface area contributed by atoms with E-state index in [1.54, 1.807) is 23.7 Å². The Morgan fingerprint density at radius 3 is 3.10 bits per heavy atom. The maximum atomic E-state index is 12.2. The zero-order valence-corrected chi connectivity index (χ0v) is 11.8. The van der Waals surface area contributed by atoms with Crippen LogP contribution in [0.4, 0.5) is 5.69 Å². The van der Waals surface area contributed by atoms with Crippen LogP contribution in [0.3, 0.4) is 0 Å². The summed E-state index contributed by atoms with van der Waals surface area (Å²) >= 11 is 0. The van der Waals surface area contributed by atoms with Gasteiger partial charge in [0.05, 0.1) is 12.3 Å². The maximum absolute atomic E-state index is 12.2. The second-order valence-electron chi connectivity index (χ2n) is 4.87. The predicted molar refractivity (Wildman–Crippen MR) is 77.2 cm³/mol. The van der Waals surface area contributed by atoms with Crippen molar-refractivity contribution in [2.24, 2.45) is 0 Å². The van der Waals surface area contributed by atoms with Gasteiger partial charge in [0, 0.05) is 12.2 Å². The molecule has 7 nitrogen and oxygen atoms in total. The van der Waals surface area contributed by atoms with Crippen LogP contribution in [0.1, 0.15) is 28.7 Å². The smallest absolute Gasteiger partial charge is 0.423 e. The number of anilines is 1. The molecule has 0 aliphatic carbocycles. The van der Waals surface area contributed by atoms with Crippen LogP contribution in [-0.2, 0) is 17.8 Å². The quantitative estimate of drug-likeness (QED) is 0.780. The molecule has 1 aromatic heterocycles. The third-order valence-electron chi connectivity index (χ3n) is 3.56. The molecule has 2 aromatic rings. The highest BCUT2D eigenvalue weighted by Gasteiger charge is 2.27. The molecule has 1 aromatic carbocycles. The highest BCUT2D eigenvalue weighted by molar-refractivity contribution is 6.61. The van der Waals surface area contributed by atoms with E-state index in [0.717, 1.165) is 11.3 Å². The van der Waals surface area contributed by atoms with E-state index in [-0.39, 0.29) is 5.91 Å². The van der Waals surface area contributed by atoms with Crippen LogP contribution < -0.4 is 10.8 Å². The third-order valence-corrected chi connectivity index (χ3v) is 3.56. The van der Waals surface area contributed by atoms with Crippen LogP contribution >= 0.6 is 0 Å². The lowest BCUT2D eigenvalue weighted by Crippen LogP contribution is -2.28. The van der Waals surface area contributed by atoms with E-state index in [1.807, 2.05) is 13.0 Å². The molecule has 2 heterocycles. The van der Waals surface area contributed by atoms with Crippen molar-refractivity contribution in [1.29, 1.82) is 0 Å². The van der Waals surface area contributed by atoms with Crippen LogP contribution in [0.5, 0.6) is 0 Å². The molecular formula is C13H15BN4O3. The summed E-state index contributed by atoms with van der Waals surface area (Å²) in [4.78, 5) is 12.2. The van der Waals surface area contributed by atoms with Gasteiger partial charge in [0.25, 0.3) is 5.91 Å². The summed E-state index contributed by atoms with van der Waals surface area (Å²) in [5.74, 6) is -0.319. The van der Waals surface area contributed by atoms with Crippen molar-refractivity contribution in [1.82, 2.24) is 15.0 Å². The van der Waals surface area contributed by atoms with Crippen LogP contribution in [-0.4, -0.2) is 33.0 Å². The third kappa shape index (κ3) is 2.43. The van der Waals surface area contributed by atoms with E-state index in [1.165, 1.54) is 0 Å². The Bertz CT molecular complexity index is 701. The first kappa shape index (κ1) is 13.8. The van der Waals surface area contributed by atoms with Gasteiger partial charge < -0.3 is 15.0 Å². The SMILES string of the molecule is CCn1nnc(C(=O)Nc2ccc3c(c2)B(O)OC3)c1C. The molecule has 0 saturated carbocycles. The molecule has 0 unspecified atom stereocenters. The van der Waals surface area contributed by atoms with E-state index in [4.69, 9.17) is 4.65 Å². The molecular weight excluding hydrogens is 271 g/mol. The van der Waals surface area contributed by atoms with Crippen LogP contribution in [0, 0.1) is 6.92 Å². The number of fused-ring (bicyclic) bond motifs is 1. The lowest BCUT2D eigenvalue weighted by Gasteiger charge is -2.06. The van der Waals surface area contributed by atoms with Gasteiger partial charge in [-0.2, -0.15) is 0 Å². The van der Waals surface area contributed by atoms with Gasteiger partial charge in [-0.25, -0.2) is 4.68 Å². The lowest BCUT2D eigenvalue weighted by atomic mass is 9.79. The summed E-state index contributed by atoms with van der Waals surface area (Å²) in [6.07, 6.45) is 0. The molecule has 0 spiro atoms. The molecule has 1 amide bonds. The normalized spacial score (nSPS) is 13.4. The molecule has 1 aliphatic rings. The zero-order chi connectivity index (χ0) is 15.0. The number of carbonyl (C=O) groups is 1. The van der Waals surface area contributed by atoms with Crippen molar-refractivity contribution in [2.75, 3.05) is 5.32 Å². The predicted octanol–water partition coefficient (Wildman–Crippen LogP) is 0.0764. The topological polar surface area (TPSA) is 89.3 Å². The van der Waals surface area contributed by atoms with Gasteiger partial charge >= 0.3 is 7.12 Å². The van der Waals surface area contributed by atoms with E-state index >= 15 is 0 Å². The monoisotopic (exact) mass is 286 g/mol. The lowest BCUT2D eigenvalue weighted by molar-refractivity contribution is 0.102. The summed E-state index contributed by atoms with van der Waals surface area (Å²) in [7, 11) is -0.931. The Kier molecular flexibility index (Phi) is 3.48. The Morgan fingerprint density at radius 2 is 2.38 bits per heavy atom. The summed E-state index contributed by atoms with van der Waals surface area (Å²) < 4.78 is 6.78. The van der Waals surface area contributed by atoms with Crippen molar-refractivity contribution >= 4 is 24.2 Å². The van der Waals surface area contributed by atoms with Crippen LogP contribution in [0.2, 0.25) is 0 Å². The number of hydrogen-bond acceptors (Lipinski definition) is 5. The molecule has 1 aliphatic heterocycles. The minimum Gasteiger partial charge on any atom is -0.423 e. The maximum Gasteiger partial charge on any atom is 0.491 e. The highest BCUT2D eigenvalue weighted by Crippen LogP contribution is 2.15. The van der Waals surface area contributed by atoms with Crippen molar-refractivity contribution in [2.45, 2.75) is 27.0 Å². The summed E-state index contributed by atoms with van der Waals surface area (Å²) in [6.45, 7) is 4.78. The second-order valence-corrected chi connectivity index (χ2v) is 4.87. The summed E-state index contributed by atoms with van der Waals surface area (Å²) in [5, 5.41) is 20.3. The zero-order valence-electron chi connectivity index (χ0n) is 11.8. The van der Waals surface area contributed by atoms with Gasteiger partial charge in [-0.3, -0.25) is 4.79 Å². The molecule has 0 fully saturated rings. The van der Waals surface area contributed by atoms with Crippen molar-refractivity contribution < 1.29 is 14.5 Å². The number of amides is 1. The standard InChI is InChI=1S/C13H15BN4O3/c1-3-18-8(2)12(16-17-18)13(19)15-10-5-4-9-7-21-14(20)11(9)6-10/h4-6,20H,3,7H2,1-2H3,(H,15,19). The Balaban J connectivity index is 1.82. The average Bonchev–Trinajstić information content (AvgIpc) is 3.02. The largest absolute Gasteiger partial charge is 0.491 e. The molecule has 2 N–H and O–H groups in total. The summed E-state index contributed by atoms with van der Waals surface area (Å²) in [6, 6.07) is 5.32. The molecule has 0 atom stereocenters. The number of benzene rings is 1. The Hall–Kier alpha value is -2.19. The highest BCUT2D eigenvalue weighted by atomic mass is 16.5. The minimum atomic E-state index is -0.931. The van der Waals surface area contributed by atoms with Gasteiger partial charge in [-0.1, -0.05) is 11.3 Å². The van der Waals surface area contributed by atoms with Gasteiger partial charge in [-0.05, 0) is 37.0 Å². The molecule has 21 heavy (non-hydrogen) atoms. The fourth-order valence-corrected chi connectivity index (χ4v) is 2.35. The molecule has 0 saturated heterocycles. The van der Waals surface area contributed by atoms with E-state index in [9.17, 15) is 9.82 Å². The first-order valence-electron chi connectivity index (χ1n) is 6.74. The number of aryl methyl sites for hydroxylation is 1. The van der Waals surface area contributed by atoms with Crippen molar-refractivity contribution in [3.63, 3.8) is 0 Å². The Labute approximate surface area is 122 Å². The number of hydrogen-bond donors (Lipinski definition) is 2. The molecule has 0 bridgehead atoms. The van der Waals surface area contributed by atoms with Gasteiger partial charge in [-0.15, -0.1) is 5.10 Å². The van der Waals surface area contributed by atoms with Crippen molar-refractivity contribution in [3.05, 3.63) is 35.2 Å². The van der Waals surface area contributed by atoms with Gasteiger partial charge in [0.15, 0.2) is 5.69 Å². The van der Waals surface area contributed by atoms with Gasteiger partial charge in [0.1, 0.15) is 0 Å². The number of nitrogens with zero attached hydrogens (tertiary/aromatic N) is 3. The molecule has 8 heteroatoms. The fraction of sp³-hybridized carbons (Fsp3) is 0.308. The van der Waals surface area contributed by atoms with Gasteiger partial charge in [0.2, 0.25) is 0 Å². The fourth-order valence-electron chi connectivity index (χ4n) is 2.35. The van der Waals surface area contributed by atoms with Crippen LogP contribution in [0.15, 0.2) is 18.2 Å². The average molecular weight is 286 g/mol. The number of aromatic nitrogens is 3. The minimum absolute atomic E-state index is 0.300. The van der Waals surface area contributed by atoms with E-state index < -0.39 is 7.12 Å².